The Hall–Kier alpha value is -19.3. The van der Waals surface area contributed by atoms with Gasteiger partial charge < -0.3 is 13.3 Å². The second-order valence-electron chi connectivity index (χ2n) is 31.5. The maximum atomic E-state index is 9.98. The van der Waals surface area contributed by atoms with Gasteiger partial charge in [0.15, 0.2) is 0 Å². The molecule has 30 rings (SSSR count). The highest BCUT2D eigenvalue weighted by molar-refractivity contribution is 6.31. The van der Waals surface area contributed by atoms with Crippen molar-refractivity contribution in [3.8, 4) is 134 Å². The molecule has 3 heteroatoms. The molecule has 0 radical (unpaired) electrons. The minimum atomic E-state index is -1.19. The molecule has 3 heterocycles. The number of rotatable bonds is 12. The highest BCUT2D eigenvalue weighted by Gasteiger charge is 2.28. The highest BCUT2D eigenvalue weighted by Crippen LogP contribution is 2.54. The first-order valence-electron chi connectivity index (χ1n) is 88.2. The zero-order valence-electron chi connectivity index (χ0n) is 163. The molecular formula is C144H90O3. The van der Waals surface area contributed by atoms with Crippen LogP contribution in [0.2, 0.25) is 0 Å². The standard InChI is InChI=1S/3C48H30O/c1-3-14-31(15-4-1)35-26-36(32-16-5-2-6-17-32)28-37(27-35)46-38-20-9-11-22-40(38)47(41-23-12-10-21-39(41)46)42-24-13-25-44-48(42)43-29-33-18-7-8-19-34(33)30-45(43)49-44;1-2-11-31(12-3-1)32-21-23-33(24-22-32)34-25-27-35(28-26-34)46-38-15-6-8-17-40(38)47(41-18-9-7-16-39(41)46)42-19-10-20-44-48(42)43-29-36-13-4-5-14-37(36)30-45(43)49-44;1-2-13-31(14-3-1)32-25-27-33(28-26-32)36-17-6-7-18-37(36)46-38-19-8-10-21-40(38)47(41-22-11-9-20-39(41)46)42-23-12-24-44-48(42)43-29-34-15-4-5-16-35(34)30-45(43)49-44/h3*1-30H/i3*1D,2D,3D,4D,5D,6D,7D,8D,9D,10D,11D,12D,13D,14D,15D,16D,17D,18D,19D,20D,21D,22D,23D,24D,25D,26D,27D,28D,29D,30D. The van der Waals surface area contributed by atoms with Gasteiger partial charge in [0, 0.05) is 32.3 Å². The molecule has 30 aromatic rings. The molecule has 147 heavy (non-hydrogen) atoms. The van der Waals surface area contributed by atoms with Crippen molar-refractivity contribution in [3.05, 3.63) is 544 Å². The van der Waals surface area contributed by atoms with Gasteiger partial charge in [-0.3, -0.25) is 0 Å². The van der Waals surface area contributed by atoms with Crippen molar-refractivity contribution in [3.63, 3.8) is 0 Å². The number of hydrogen-bond acceptors (Lipinski definition) is 3. The van der Waals surface area contributed by atoms with Crippen LogP contribution in [0.5, 0.6) is 0 Å². The zero-order valence-corrected chi connectivity index (χ0v) is 73.2. The van der Waals surface area contributed by atoms with Crippen molar-refractivity contribution in [2.24, 2.45) is 0 Å². The van der Waals surface area contributed by atoms with Gasteiger partial charge in [0.1, 0.15) is 33.5 Å². The van der Waals surface area contributed by atoms with Crippen LogP contribution in [0, 0.1) is 0 Å². The Kier molecular flexibility index (Phi) is 8.39. The van der Waals surface area contributed by atoms with E-state index in [0.717, 1.165) is 0 Å². The number of benzene rings is 27. The molecule has 3 nitrogen and oxygen atoms in total. The van der Waals surface area contributed by atoms with E-state index in [0.29, 0.717) is 0 Å². The monoisotopic (exact) mass is 1960 g/mol. The number of fused-ring (bicyclic) bond motifs is 18. The van der Waals surface area contributed by atoms with E-state index in [-0.39, 0.29) is 0 Å². The second kappa shape index (κ2) is 36.0. The molecule has 684 valence electrons. The molecule has 0 bridgehead atoms. The molecule has 0 amide bonds. The lowest BCUT2D eigenvalue weighted by molar-refractivity contribution is 0.669. The summed E-state index contributed by atoms with van der Waals surface area (Å²) in [5, 5.41) is -16.3. The molecule has 0 spiro atoms. The van der Waals surface area contributed by atoms with E-state index in [1.807, 2.05) is 0 Å². The van der Waals surface area contributed by atoms with Crippen molar-refractivity contribution in [1.29, 1.82) is 0 Å². The van der Waals surface area contributed by atoms with Gasteiger partial charge in [0.05, 0.1) is 123 Å². The first-order chi connectivity index (χ1) is 110. The molecule has 0 saturated heterocycles. The van der Waals surface area contributed by atoms with Crippen LogP contribution >= 0.6 is 0 Å². The molecule has 0 aliphatic carbocycles. The molecule has 27 aromatic carbocycles. The molecule has 0 unspecified atom stereocenters. The van der Waals surface area contributed by atoms with Crippen LogP contribution in [0.3, 0.4) is 0 Å². The minimum Gasteiger partial charge on any atom is -0.456 e. The fourth-order valence-electron chi connectivity index (χ4n) is 17.4. The van der Waals surface area contributed by atoms with Crippen molar-refractivity contribution in [2.75, 3.05) is 0 Å². The third-order valence-corrected chi connectivity index (χ3v) is 23.5. The van der Waals surface area contributed by atoms with Crippen LogP contribution < -0.4 is 0 Å². The lowest BCUT2D eigenvalue weighted by Gasteiger charge is -2.20. The summed E-state index contributed by atoms with van der Waals surface area (Å²) in [6.45, 7) is 0. The summed E-state index contributed by atoms with van der Waals surface area (Å²) in [5.41, 5.74) is -24.4. The van der Waals surface area contributed by atoms with Gasteiger partial charge in [0.25, 0.3) is 0 Å². The Morgan fingerprint density at radius 3 is 0.599 bits per heavy atom. The average Bonchev–Trinajstić information content (AvgIpc) is 1.60. The van der Waals surface area contributed by atoms with E-state index < -0.39 is 840 Å². The van der Waals surface area contributed by atoms with Gasteiger partial charge in [-0.15, -0.1) is 0 Å². The SMILES string of the molecule is [2H]c1c([2H])c([2H])c(-c2c([2H])c(-c3c([2H])c([2H])c([2H])c([2H])c3[2H])c([2H])c(-c3c4c([2H])c([2H])c([2H])c([2H])c4c(-c4c([2H])c([2H])c([2H])c5oc6c([2H])c7c([2H])c([2H])c([2H])c([2H])c7c([2H])c6c45)c4c([2H])c([2H])c([2H])c([2H])c34)c2[2H])c([2H])c1[2H].[2H]c1c([2H])c([2H])c(-c2c([2H])c([2H])c(-c3c([2H])c([2H])c(-c4c5c([2H])c([2H])c([2H])c([2H])c5c(-c5c([2H])c([2H])c([2H])c6oc7c([2H])c8c([2H])c([2H])c([2H])c([2H])c8c([2H])c7c56)c5c([2H])c([2H])c([2H])c([2H])c45)c([2H])c3[2H])c([2H])c2[2H])c([2H])c1[2H].[2H]c1c([2H])c([2H])c(-c2c([2H])c([2H])c(-c3c([2H])c([2H])c([2H])c([2H])c3-c3c4c([2H])c([2H])c([2H])c([2H])c4c(-c4c([2H])c([2H])c([2H])c5oc6c([2H])c7c([2H])c([2H])c([2H])c([2H])c7c([2H])c6c45)c4c([2H])c([2H])c([2H])c([2H])c34)c([2H])c2[2H])c([2H])c1[2H]. The third-order valence-electron chi connectivity index (χ3n) is 23.5. The Morgan fingerprint density at radius 1 is 0.109 bits per heavy atom. The van der Waals surface area contributed by atoms with Crippen LogP contribution in [-0.2, 0) is 0 Å². The van der Waals surface area contributed by atoms with Crippen molar-refractivity contribution >= 4 is 163 Å². The Morgan fingerprint density at radius 2 is 0.306 bits per heavy atom. The van der Waals surface area contributed by atoms with Gasteiger partial charge in [-0.05, 0) is 303 Å². The molecular weight excluding hydrogens is 1780 g/mol. The highest BCUT2D eigenvalue weighted by atomic mass is 16.3. The predicted octanol–water partition coefficient (Wildman–Crippen LogP) is 41.1. The molecule has 0 saturated carbocycles. The summed E-state index contributed by atoms with van der Waals surface area (Å²) >= 11 is 0. The topological polar surface area (TPSA) is 39.4 Å². The lowest BCUT2D eigenvalue weighted by Crippen LogP contribution is -1.93. The van der Waals surface area contributed by atoms with Crippen molar-refractivity contribution in [2.45, 2.75) is 0 Å². The maximum Gasteiger partial charge on any atom is 0.136 e. The van der Waals surface area contributed by atoms with Gasteiger partial charge in [0.2, 0.25) is 0 Å². The summed E-state index contributed by atoms with van der Waals surface area (Å²) in [6.07, 6.45) is 0. The molecule has 0 aliphatic rings. The van der Waals surface area contributed by atoms with Gasteiger partial charge in [-0.25, -0.2) is 0 Å². The minimum absolute atomic E-state index is 0.495. The van der Waals surface area contributed by atoms with Crippen LogP contribution in [0.15, 0.2) is 557 Å². The molecule has 3 aromatic heterocycles. The first kappa shape index (κ1) is 34.2. The van der Waals surface area contributed by atoms with Crippen LogP contribution in [-0.4, -0.2) is 0 Å². The van der Waals surface area contributed by atoms with Gasteiger partial charge >= 0.3 is 0 Å². The van der Waals surface area contributed by atoms with E-state index in [4.69, 9.17) is 90.0 Å². The summed E-state index contributed by atoms with van der Waals surface area (Å²) in [4.78, 5) is 0. The molecule has 0 atom stereocenters. The molecule has 0 fully saturated rings. The quantitative estimate of drug-likeness (QED) is 0.114. The largest absolute Gasteiger partial charge is 0.456 e. The Labute approximate surface area is 975 Å². The van der Waals surface area contributed by atoms with Crippen LogP contribution in [0.1, 0.15) is 123 Å². The lowest BCUT2D eigenvalue weighted by atomic mass is 9.83. The summed E-state index contributed by atoms with van der Waals surface area (Å²) in [5.74, 6) is 0. The average molecular weight is 1960 g/mol. The number of hydrogen-bond donors (Lipinski definition) is 0. The van der Waals surface area contributed by atoms with E-state index >= 15 is 0 Å². The molecule has 0 N–H and O–H groups in total. The van der Waals surface area contributed by atoms with Gasteiger partial charge in [-0.1, -0.05) is 471 Å². The summed E-state index contributed by atoms with van der Waals surface area (Å²) < 4.78 is 830. The first-order valence-corrected chi connectivity index (χ1v) is 43.2. The van der Waals surface area contributed by atoms with E-state index in [1.54, 1.807) is 0 Å². The number of furan rings is 3. The Bertz CT molecular complexity index is 16000. The predicted molar refractivity (Wildman–Crippen MR) is 624 cm³/mol. The fraction of sp³-hybridized carbons (Fsp3) is 0. The fourth-order valence-corrected chi connectivity index (χ4v) is 17.4. The van der Waals surface area contributed by atoms with Gasteiger partial charge in [-0.2, -0.15) is 0 Å². The van der Waals surface area contributed by atoms with Crippen molar-refractivity contribution < 1.29 is 137 Å². The Balaban J connectivity index is 0.000000152. The van der Waals surface area contributed by atoms with Crippen LogP contribution in [0.25, 0.3) is 296 Å². The van der Waals surface area contributed by atoms with Crippen LogP contribution in [0.4, 0.5) is 0 Å². The smallest absolute Gasteiger partial charge is 0.136 e. The van der Waals surface area contributed by atoms with E-state index in [1.165, 1.54) is 0 Å². The second-order valence-corrected chi connectivity index (χ2v) is 31.5. The van der Waals surface area contributed by atoms with Crippen molar-refractivity contribution in [1.82, 2.24) is 0 Å². The summed E-state index contributed by atoms with van der Waals surface area (Å²) in [6, 6.07) is -88.5. The summed E-state index contributed by atoms with van der Waals surface area (Å²) in [7, 11) is 0. The molecule has 0 aliphatic heterocycles. The third kappa shape index (κ3) is 15.0. The van der Waals surface area contributed by atoms with E-state index in [9.17, 15) is 46.6 Å². The van der Waals surface area contributed by atoms with E-state index in [2.05, 4.69) is 0 Å². The zero-order chi connectivity index (χ0) is 175. The maximum absolute atomic E-state index is 9.98. The normalized spacial score (nSPS) is 20.2.